The smallest absolute Gasteiger partial charge is 0.146 e. The van der Waals surface area contributed by atoms with Gasteiger partial charge in [-0.15, -0.1) is 0 Å². The molecule has 1 aromatic heterocycles. The third kappa shape index (κ3) is 2.62. The van der Waals surface area contributed by atoms with Crippen molar-refractivity contribution in [2.75, 3.05) is 30.9 Å². The molecule has 0 aromatic carbocycles. The first-order valence-corrected chi connectivity index (χ1v) is 6.13. The van der Waals surface area contributed by atoms with E-state index < -0.39 is 0 Å². The highest BCUT2D eigenvalue weighted by Crippen LogP contribution is 2.27. The molecule has 0 bridgehead atoms. The Morgan fingerprint density at radius 3 is 2.94 bits per heavy atom. The molecule has 0 saturated carbocycles. The number of anilines is 2. The number of ether oxygens (including phenoxy) is 1. The van der Waals surface area contributed by atoms with E-state index in [9.17, 15) is 0 Å². The molecule has 1 aliphatic heterocycles. The molecule has 1 fully saturated rings. The van der Waals surface area contributed by atoms with Crippen molar-refractivity contribution >= 4 is 27.6 Å². The maximum absolute atomic E-state index is 5.41. The van der Waals surface area contributed by atoms with Crippen LogP contribution in [0.3, 0.4) is 0 Å². The predicted octanol–water partition coefficient (Wildman–Crippen LogP) is 1.87. The van der Waals surface area contributed by atoms with Crippen LogP contribution in [0, 0.1) is 0 Å². The summed E-state index contributed by atoms with van der Waals surface area (Å²) in [5.41, 5.74) is 0. The van der Waals surface area contributed by atoms with Crippen molar-refractivity contribution < 1.29 is 4.74 Å². The summed E-state index contributed by atoms with van der Waals surface area (Å²) in [5.74, 6) is 1.60. The first-order chi connectivity index (χ1) is 7.81. The predicted molar refractivity (Wildman–Crippen MR) is 66.7 cm³/mol. The van der Waals surface area contributed by atoms with E-state index in [-0.39, 0.29) is 0 Å². The van der Waals surface area contributed by atoms with E-state index >= 15 is 0 Å². The van der Waals surface area contributed by atoms with Gasteiger partial charge in [0.1, 0.15) is 22.4 Å². The van der Waals surface area contributed by atoms with Crippen molar-refractivity contribution in [1.29, 1.82) is 0 Å². The van der Waals surface area contributed by atoms with Crippen molar-refractivity contribution in [3.8, 4) is 0 Å². The summed E-state index contributed by atoms with van der Waals surface area (Å²) in [6.07, 6.45) is 3.76. The highest BCUT2D eigenvalue weighted by atomic mass is 79.9. The van der Waals surface area contributed by atoms with Crippen LogP contribution in [-0.2, 0) is 4.74 Å². The lowest BCUT2D eigenvalue weighted by Crippen LogP contribution is -2.30. The van der Waals surface area contributed by atoms with E-state index in [0.29, 0.717) is 6.04 Å². The van der Waals surface area contributed by atoms with Gasteiger partial charge < -0.3 is 15.4 Å². The molecule has 1 aromatic rings. The normalized spacial score (nSPS) is 20.5. The standard InChI is InChI=1S/C10H15BrN4O/c1-12-9-8(11)10(14-6-13-9)15-7-3-2-4-16-5-7/h6-7H,2-5H2,1H3,(H2,12,13,14,15). The maximum atomic E-state index is 5.41. The Kier molecular flexibility index (Phi) is 3.95. The van der Waals surface area contributed by atoms with Gasteiger partial charge in [0.2, 0.25) is 0 Å². The molecular weight excluding hydrogens is 272 g/mol. The molecule has 2 heterocycles. The number of hydrogen-bond acceptors (Lipinski definition) is 5. The molecule has 1 aliphatic rings. The zero-order valence-electron chi connectivity index (χ0n) is 9.16. The van der Waals surface area contributed by atoms with Crippen LogP contribution in [0.5, 0.6) is 0 Å². The van der Waals surface area contributed by atoms with Crippen LogP contribution in [0.4, 0.5) is 11.6 Å². The van der Waals surface area contributed by atoms with Crippen LogP contribution < -0.4 is 10.6 Å². The highest BCUT2D eigenvalue weighted by molar-refractivity contribution is 9.10. The topological polar surface area (TPSA) is 59.1 Å². The minimum absolute atomic E-state index is 0.338. The van der Waals surface area contributed by atoms with E-state index in [1.165, 1.54) is 0 Å². The first kappa shape index (κ1) is 11.6. The third-order valence-corrected chi connectivity index (χ3v) is 3.28. The molecule has 0 aliphatic carbocycles. The van der Waals surface area contributed by atoms with Gasteiger partial charge in [0.05, 0.1) is 12.6 Å². The Bertz CT molecular complexity index is 355. The fourth-order valence-corrected chi connectivity index (χ4v) is 2.21. The van der Waals surface area contributed by atoms with Crippen molar-refractivity contribution in [2.45, 2.75) is 18.9 Å². The van der Waals surface area contributed by atoms with Crippen LogP contribution in [-0.4, -0.2) is 36.3 Å². The maximum Gasteiger partial charge on any atom is 0.146 e. The molecule has 6 heteroatoms. The summed E-state index contributed by atoms with van der Waals surface area (Å²) in [4.78, 5) is 8.33. The fraction of sp³-hybridized carbons (Fsp3) is 0.600. The number of nitrogens with one attached hydrogen (secondary N) is 2. The number of nitrogens with zero attached hydrogens (tertiary/aromatic N) is 2. The summed E-state index contributed by atoms with van der Waals surface area (Å²) in [5, 5.41) is 6.36. The van der Waals surface area contributed by atoms with Crippen molar-refractivity contribution in [1.82, 2.24) is 9.97 Å². The molecule has 5 nitrogen and oxygen atoms in total. The van der Waals surface area contributed by atoms with Gasteiger partial charge in [-0.25, -0.2) is 9.97 Å². The molecule has 0 spiro atoms. The Morgan fingerprint density at radius 2 is 2.25 bits per heavy atom. The summed E-state index contributed by atoms with van der Waals surface area (Å²) >= 11 is 3.48. The molecule has 2 N–H and O–H groups in total. The van der Waals surface area contributed by atoms with Crippen LogP contribution in [0.15, 0.2) is 10.8 Å². The molecule has 1 atom stereocenters. The number of halogens is 1. The fourth-order valence-electron chi connectivity index (χ4n) is 1.69. The van der Waals surface area contributed by atoms with Crippen LogP contribution in [0.25, 0.3) is 0 Å². The van der Waals surface area contributed by atoms with Gasteiger partial charge in [0.25, 0.3) is 0 Å². The molecule has 88 valence electrons. The summed E-state index contributed by atoms with van der Waals surface area (Å²) < 4.78 is 6.28. The van der Waals surface area contributed by atoms with Gasteiger partial charge in [-0.05, 0) is 28.8 Å². The van der Waals surface area contributed by atoms with E-state index in [1.807, 2.05) is 7.05 Å². The van der Waals surface area contributed by atoms with Gasteiger partial charge in [-0.1, -0.05) is 0 Å². The van der Waals surface area contributed by atoms with Gasteiger partial charge >= 0.3 is 0 Å². The zero-order valence-corrected chi connectivity index (χ0v) is 10.7. The van der Waals surface area contributed by atoms with E-state index in [1.54, 1.807) is 6.33 Å². The molecule has 16 heavy (non-hydrogen) atoms. The van der Waals surface area contributed by atoms with Gasteiger partial charge in [-0.2, -0.15) is 0 Å². The summed E-state index contributed by atoms with van der Waals surface area (Å²) in [6, 6.07) is 0.338. The molecule has 0 radical (unpaired) electrons. The molecule has 2 rings (SSSR count). The van der Waals surface area contributed by atoms with Crippen molar-refractivity contribution in [3.05, 3.63) is 10.8 Å². The van der Waals surface area contributed by atoms with E-state index in [2.05, 4.69) is 36.5 Å². The van der Waals surface area contributed by atoms with E-state index in [4.69, 9.17) is 4.74 Å². The molecule has 1 saturated heterocycles. The van der Waals surface area contributed by atoms with Crippen molar-refractivity contribution in [2.24, 2.45) is 0 Å². The zero-order chi connectivity index (χ0) is 11.4. The second-order valence-electron chi connectivity index (χ2n) is 3.69. The number of hydrogen-bond donors (Lipinski definition) is 2. The average molecular weight is 287 g/mol. The molecular formula is C10H15BrN4O. The third-order valence-electron chi connectivity index (χ3n) is 2.53. The summed E-state index contributed by atoms with van der Waals surface area (Å²) in [7, 11) is 1.83. The lowest BCUT2D eigenvalue weighted by molar-refractivity contribution is 0.0875. The monoisotopic (exact) mass is 286 g/mol. The summed E-state index contributed by atoms with van der Waals surface area (Å²) in [6.45, 7) is 1.61. The number of rotatable bonds is 3. The second-order valence-corrected chi connectivity index (χ2v) is 4.49. The number of aromatic nitrogens is 2. The Balaban J connectivity index is 2.08. The molecule has 1 unspecified atom stereocenters. The Labute approximate surface area is 103 Å². The Hall–Kier alpha value is -0.880. The minimum atomic E-state index is 0.338. The minimum Gasteiger partial charge on any atom is -0.379 e. The van der Waals surface area contributed by atoms with Crippen LogP contribution in [0.2, 0.25) is 0 Å². The van der Waals surface area contributed by atoms with Crippen LogP contribution in [0.1, 0.15) is 12.8 Å². The van der Waals surface area contributed by atoms with Gasteiger partial charge in [0.15, 0.2) is 0 Å². The second kappa shape index (κ2) is 5.45. The van der Waals surface area contributed by atoms with E-state index in [0.717, 1.165) is 42.2 Å². The lowest BCUT2D eigenvalue weighted by Gasteiger charge is -2.24. The van der Waals surface area contributed by atoms with Gasteiger partial charge in [0, 0.05) is 13.7 Å². The lowest BCUT2D eigenvalue weighted by atomic mass is 10.1. The highest BCUT2D eigenvalue weighted by Gasteiger charge is 2.16. The average Bonchev–Trinajstić information content (AvgIpc) is 2.33. The molecule has 0 amide bonds. The SMILES string of the molecule is CNc1ncnc(NC2CCCOC2)c1Br. The quantitative estimate of drug-likeness (QED) is 0.888. The van der Waals surface area contributed by atoms with Crippen LogP contribution >= 0.6 is 15.9 Å². The largest absolute Gasteiger partial charge is 0.379 e. The van der Waals surface area contributed by atoms with Crippen molar-refractivity contribution in [3.63, 3.8) is 0 Å². The first-order valence-electron chi connectivity index (χ1n) is 5.34. The van der Waals surface area contributed by atoms with Gasteiger partial charge in [-0.3, -0.25) is 0 Å². The Morgan fingerprint density at radius 1 is 1.44 bits per heavy atom.